The molecule has 4 heteroatoms. The van der Waals surface area contributed by atoms with Gasteiger partial charge in [-0.1, -0.05) is 32.4 Å². The molecule has 3 aliphatic carbocycles. The van der Waals surface area contributed by atoms with E-state index in [1.165, 1.54) is 24.8 Å². The van der Waals surface area contributed by atoms with E-state index in [0.29, 0.717) is 29.6 Å². The number of ether oxygens (including phenoxy) is 1. The Bertz CT molecular complexity index is 813. The molecule has 5 rings (SSSR count). The number of hydrogen-bond donors (Lipinski definition) is 1. The van der Waals surface area contributed by atoms with Crippen molar-refractivity contribution in [2.45, 2.75) is 70.4 Å². The second kappa shape index (κ2) is 7.35. The van der Waals surface area contributed by atoms with Crippen molar-refractivity contribution in [1.29, 1.82) is 5.26 Å². The second-order valence-corrected chi connectivity index (χ2v) is 9.83. The smallest absolute Gasteiger partial charge is 0.237 e. The minimum atomic E-state index is -0.443. The first-order chi connectivity index (χ1) is 14.1. The van der Waals surface area contributed by atoms with E-state index < -0.39 is 5.92 Å². The van der Waals surface area contributed by atoms with E-state index in [0.717, 1.165) is 25.0 Å². The monoisotopic (exact) mass is 392 g/mol. The van der Waals surface area contributed by atoms with Gasteiger partial charge in [-0.15, -0.1) is 0 Å². The molecule has 9 unspecified atom stereocenters. The zero-order valence-corrected chi connectivity index (χ0v) is 17.5. The Hall–Kier alpha value is -2.02. The fraction of sp³-hybridized carbons (Fsp3) is 0.680. The molecule has 4 nitrogen and oxygen atoms in total. The predicted octanol–water partition coefficient (Wildman–Crippen LogP) is 4.66. The van der Waals surface area contributed by atoms with Gasteiger partial charge in [0.05, 0.1) is 6.07 Å². The predicted molar refractivity (Wildman–Crippen MR) is 111 cm³/mol. The van der Waals surface area contributed by atoms with Crippen molar-refractivity contribution < 1.29 is 9.53 Å². The molecule has 1 saturated heterocycles. The van der Waals surface area contributed by atoms with E-state index in [-0.39, 0.29) is 24.0 Å². The third-order valence-corrected chi connectivity index (χ3v) is 8.65. The maximum absolute atomic E-state index is 12.3. The van der Waals surface area contributed by atoms with Crippen LogP contribution in [0.25, 0.3) is 0 Å². The molecule has 0 spiro atoms. The summed E-state index contributed by atoms with van der Waals surface area (Å²) in [5, 5.41) is 12.8. The highest BCUT2D eigenvalue weighted by Gasteiger charge is 2.63. The number of carbonyl (C=O) groups is 1. The lowest BCUT2D eigenvalue weighted by Gasteiger charge is -2.46. The van der Waals surface area contributed by atoms with Gasteiger partial charge in [0.1, 0.15) is 17.8 Å². The molecule has 1 N–H and O–H groups in total. The molecule has 0 radical (unpaired) electrons. The summed E-state index contributed by atoms with van der Waals surface area (Å²) in [5.41, 5.74) is 1.38. The van der Waals surface area contributed by atoms with E-state index in [2.05, 4.69) is 49.5 Å². The lowest BCUT2D eigenvalue weighted by atomic mass is 9.62. The first-order valence-electron chi connectivity index (χ1n) is 11.6. The van der Waals surface area contributed by atoms with E-state index in [1.54, 1.807) is 0 Å². The standard InChI is InChI=1S/C25H32N2O2/c1-3-14(2)15-7-9-16(10-8-15)29-21-12-11-19-22-17(21)5-4-6-18(22)23-20(13-26)25(28)27-24(19)23/h7-10,14,17-24H,3-6,11-12H2,1-2H3,(H,27,28). The maximum Gasteiger partial charge on any atom is 0.237 e. The van der Waals surface area contributed by atoms with Crippen LogP contribution >= 0.6 is 0 Å². The van der Waals surface area contributed by atoms with Crippen LogP contribution in [0.4, 0.5) is 0 Å². The number of benzene rings is 1. The number of nitrogens with one attached hydrogen (secondary N) is 1. The highest BCUT2D eigenvalue weighted by Crippen LogP contribution is 2.60. The van der Waals surface area contributed by atoms with Gasteiger partial charge < -0.3 is 10.1 Å². The van der Waals surface area contributed by atoms with Crippen LogP contribution in [0.3, 0.4) is 0 Å². The molecule has 1 aromatic rings. The highest BCUT2D eigenvalue weighted by atomic mass is 16.5. The fourth-order valence-corrected chi connectivity index (χ4v) is 7.21. The molecule has 1 aromatic carbocycles. The van der Waals surface area contributed by atoms with Gasteiger partial charge in [0.2, 0.25) is 5.91 Å². The van der Waals surface area contributed by atoms with Crippen molar-refractivity contribution >= 4 is 5.91 Å². The van der Waals surface area contributed by atoms with Crippen molar-refractivity contribution in [2.75, 3.05) is 0 Å². The summed E-state index contributed by atoms with van der Waals surface area (Å²) < 4.78 is 6.56. The molecule has 1 amide bonds. The Morgan fingerprint density at radius 1 is 1.10 bits per heavy atom. The first-order valence-corrected chi connectivity index (χ1v) is 11.6. The summed E-state index contributed by atoms with van der Waals surface area (Å²) in [6, 6.07) is 11.3. The molecule has 1 heterocycles. The Morgan fingerprint density at radius 2 is 1.86 bits per heavy atom. The van der Waals surface area contributed by atoms with Gasteiger partial charge in [0, 0.05) is 12.0 Å². The summed E-state index contributed by atoms with van der Waals surface area (Å²) in [6.07, 6.45) is 7.16. The number of fused-ring (bicyclic) bond motifs is 3. The molecular weight excluding hydrogens is 360 g/mol. The summed E-state index contributed by atoms with van der Waals surface area (Å²) in [5.74, 6) is 3.53. The minimum Gasteiger partial charge on any atom is -0.490 e. The molecule has 29 heavy (non-hydrogen) atoms. The SMILES string of the molecule is CCC(C)c1ccc(OC2CCC3C4NC(=O)C(C#N)C4C4CCCC2C34)cc1. The van der Waals surface area contributed by atoms with Crippen molar-refractivity contribution in [1.82, 2.24) is 5.32 Å². The number of rotatable bonds is 4. The van der Waals surface area contributed by atoms with Gasteiger partial charge in [0.25, 0.3) is 0 Å². The molecule has 4 fully saturated rings. The van der Waals surface area contributed by atoms with E-state index in [4.69, 9.17) is 4.74 Å². The van der Waals surface area contributed by atoms with Gasteiger partial charge in [-0.25, -0.2) is 0 Å². The summed E-state index contributed by atoms with van der Waals surface area (Å²) in [4.78, 5) is 12.3. The van der Waals surface area contributed by atoms with Gasteiger partial charge in [-0.3, -0.25) is 4.79 Å². The summed E-state index contributed by atoms with van der Waals surface area (Å²) in [7, 11) is 0. The quantitative estimate of drug-likeness (QED) is 0.811. The average Bonchev–Trinajstić information content (AvgIpc) is 3.24. The minimum absolute atomic E-state index is 0.0251. The highest BCUT2D eigenvalue weighted by molar-refractivity contribution is 5.84. The van der Waals surface area contributed by atoms with E-state index in [1.807, 2.05) is 0 Å². The lowest BCUT2D eigenvalue weighted by molar-refractivity contribution is -0.122. The normalized spacial score (nSPS) is 41.1. The van der Waals surface area contributed by atoms with E-state index in [9.17, 15) is 10.1 Å². The van der Waals surface area contributed by atoms with Crippen LogP contribution < -0.4 is 10.1 Å². The van der Waals surface area contributed by atoms with Crippen LogP contribution in [0.5, 0.6) is 5.75 Å². The van der Waals surface area contributed by atoms with Gasteiger partial charge >= 0.3 is 0 Å². The molecule has 154 valence electrons. The number of nitriles is 1. The Labute approximate surface area is 174 Å². The number of amides is 1. The summed E-state index contributed by atoms with van der Waals surface area (Å²) in [6.45, 7) is 4.49. The second-order valence-electron chi connectivity index (χ2n) is 9.83. The number of hydrogen-bond acceptors (Lipinski definition) is 3. The van der Waals surface area contributed by atoms with Gasteiger partial charge in [-0.05, 0) is 79.4 Å². The zero-order chi connectivity index (χ0) is 20.1. The first kappa shape index (κ1) is 19.0. The lowest BCUT2D eigenvalue weighted by Crippen LogP contribution is -2.47. The zero-order valence-electron chi connectivity index (χ0n) is 17.5. The Kier molecular flexibility index (Phi) is 4.81. The van der Waals surface area contributed by atoms with Crippen molar-refractivity contribution in [3.05, 3.63) is 29.8 Å². The van der Waals surface area contributed by atoms with Crippen molar-refractivity contribution in [3.63, 3.8) is 0 Å². The Balaban J connectivity index is 1.35. The molecular formula is C25H32N2O2. The van der Waals surface area contributed by atoms with Crippen molar-refractivity contribution in [2.24, 2.45) is 35.5 Å². The Morgan fingerprint density at radius 3 is 2.59 bits per heavy atom. The maximum atomic E-state index is 12.3. The van der Waals surface area contributed by atoms with Crippen LogP contribution in [-0.4, -0.2) is 18.1 Å². The van der Waals surface area contributed by atoms with Crippen LogP contribution in [0.2, 0.25) is 0 Å². The third-order valence-electron chi connectivity index (χ3n) is 8.65. The molecule has 0 bridgehead atoms. The molecule has 9 atom stereocenters. The average molecular weight is 393 g/mol. The molecule has 3 saturated carbocycles. The molecule has 0 aromatic heterocycles. The van der Waals surface area contributed by atoms with Crippen LogP contribution in [0.1, 0.15) is 63.9 Å². The number of nitrogens with zero attached hydrogens (tertiary/aromatic N) is 1. The van der Waals surface area contributed by atoms with E-state index >= 15 is 0 Å². The van der Waals surface area contributed by atoms with Gasteiger partial charge in [-0.2, -0.15) is 5.26 Å². The summed E-state index contributed by atoms with van der Waals surface area (Å²) >= 11 is 0. The third kappa shape index (κ3) is 2.97. The fourth-order valence-electron chi connectivity index (χ4n) is 7.21. The molecule has 4 aliphatic rings. The topological polar surface area (TPSA) is 62.1 Å². The van der Waals surface area contributed by atoms with Crippen LogP contribution in [-0.2, 0) is 4.79 Å². The van der Waals surface area contributed by atoms with Crippen LogP contribution in [0, 0.1) is 46.8 Å². The largest absolute Gasteiger partial charge is 0.490 e. The van der Waals surface area contributed by atoms with Gasteiger partial charge in [0.15, 0.2) is 0 Å². The van der Waals surface area contributed by atoms with Crippen LogP contribution in [0.15, 0.2) is 24.3 Å². The molecule has 1 aliphatic heterocycles. The number of carbonyl (C=O) groups excluding carboxylic acids is 1. The van der Waals surface area contributed by atoms with Crippen molar-refractivity contribution in [3.8, 4) is 11.8 Å².